The summed E-state index contributed by atoms with van der Waals surface area (Å²) in [6.07, 6.45) is 8.64. The zero-order valence-corrected chi connectivity index (χ0v) is 12.2. The highest BCUT2D eigenvalue weighted by molar-refractivity contribution is 5.05. The van der Waals surface area contributed by atoms with Crippen molar-refractivity contribution in [2.24, 2.45) is 0 Å². The topological polar surface area (TPSA) is 60.0 Å². The summed E-state index contributed by atoms with van der Waals surface area (Å²) in [6.45, 7) is 4.17. The van der Waals surface area contributed by atoms with Crippen LogP contribution in [0.15, 0.2) is 23.0 Å². The van der Waals surface area contributed by atoms with Gasteiger partial charge in [-0.25, -0.2) is 0 Å². The van der Waals surface area contributed by atoms with Crippen LogP contribution in [0.5, 0.6) is 0 Å². The second kappa shape index (κ2) is 5.60. The third-order valence-corrected chi connectivity index (χ3v) is 4.46. The normalized spacial score (nSPS) is 23.5. The van der Waals surface area contributed by atoms with Crippen LogP contribution in [0.4, 0.5) is 0 Å². The number of likely N-dealkylation sites (tertiary alicyclic amines) is 1. The van der Waals surface area contributed by atoms with Gasteiger partial charge in [-0.15, -0.1) is 0 Å². The van der Waals surface area contributed by atoms with Crippen molar-refractivity contribution in [3.8, 4) is 0 Å². The van der Waals surface area contributed by atoms with Gasteiger partial charge in [-0.2, -0.15) is 10.1 Å². The van der Waals surface area contributed by atoms with Crippen LogP contribution in [-0.2, 0) is 6.54 Å². The minimum atomic E-state index is 0.424. The predicted octanol–water partition coefficient (Wildman–Crippen LogP) is 2.02. The minimum Gasteiger partial charge on any atom is -0.339 e. The van der Waals surface area contributed by atoms with Gasteiger partial charge < -0.3 is 9.42 Å². The summed E-state index contributed by atoms with van der Waals surface area (Å²) in [6, 6.07) is 1.97. The van der Waals surface area contributed by atoms with Gasteiger partial charge in [-0.3, -0.25) is 4.68 Å². The van der Waals surface area contributed by atoms with Crippen LogP contribution in [0.3, 0.4) is 0 Å². The van der Waals surface area contributed by atoms with E-state index >= 15 is 0 Å². The summed E-state index contributed by atoms with van der Waals surface area (Å²) in [4.78, 5) is 7.11. The Morgan fingerprint density at radius 2 is 2.14 bits per heavy atom. The molecule has 3 heterocycles. The Morgan fingerprint density at radius 1 is 1.19 bits per heavy atom. The Balaban J connectivity index is 1.35. The molecule has 4 rings (SSSR count). The number of rotatable bonds is 5. The van der Waals surface area contributed by atoms with E-state index in [1.807, 2.05) is 23.1 Å². The lowest BCUT2D eigenvalue weighted by Crippen LogP contribution is -2.36. The molecule has 1 saturated carbocycles. The van der Waals surface area contributed by atoms with E-state index in [4.69, 9.17) is 4.52 Å². The average molecular weight is 287 g/mol. The highest BCUT2D eigenvalue weighted by atomic mass is 16.5. The van der Waals surface area contributed by atoms with Gasteiger partial charge in [0, 0.05) is 37.3 Å². The van der Waals surface area contributed by atoms with Crippen molar-refractivity contribution in [3.63, 3.8) is 0 Å². The first-order valence-corrected chi connectivity index (χ1v) is 7.92. The lowest BCUT2D eigenvalue weighted by Gasteiger charge is -2.31. The van der Waals surface area contributed by atoms with Crippen LogP contribution in [0.1, 0.15) is 49.2 Å². The second-order valence-corrected chi connectivity index (χ2v) is 6.17. The number of hydrogen-bond donors (Lipinski definition) is 0. The molecule has 1 atom stereocenters. The van der Waals surface area contributed by atoms with E-state index in [-0.39, 0.29) is 0 Å². The smallest absolute Gasteiger partial charge is 0.229 e. The van der Waals surface area contributed by atoms with E-state index in [2.05, 4.69) is 20.1 Å². The molecule has 2 aromatic heterocycles. The van der Waals surface area contributed by atoms with E-state index in [1.165, 1.54) is 25.7 Å². The molecule has 21 heavy (non-hydrogen) atoms. The Kier molecular flexibility index (Phi) is 3.47. The Labute approximate surface area is 124 Å². The summed E-state index contributed by atoms with van der Waals surface area (Å²) in [5, 5.41) is 8.47. The number of piperidine rings is 1. The number of nitrogens with zero attached hydrogens (tertiary/aromatic N) is 5. The van der Waals surface area contributed by atoms with Crippen molar-refractivity contribution in [1.29, 1.82) is 0 Å². The standard InChI is InChI=1S/C15H21N5O/c1-3-13(14-17-15(21-18-14)12-4-5-12)11-19(7-1)9-10-20-8-2-6-16-20/h2,6,8,12-13H,1,3-5,7,9-11H2/t13-/m1/s1. The summed E-state index contributed by atoms with van der Waals surface area (Å²) >= 11 is 0. The molecule has 6 heteroatoms. The van der Waals surface area contributed by atoms with Gasteiger partial charge >= 0.3 is 0 Å². The third-order valence-electron chi connectivity index (χ3n) is 4.46. The van der Waals surface area contributed by atoms with E-state index in [9.17, 15) is 0 Å². The molecule has 0 radical (unpaired) electrons. The summed E-state index contributed by atoms with van der Waals surface area (Å²) in [5.74, 6) is 2.75. The molecule has 0 unspecified atom stereocenters. The Hall–Kier alpha value is -1.69. The average Bonchev–Trinajstić information content (AvgIpc) is 3.05. The summed E-state index contributed by atoms with van der Waals surface area (Å²) in [7, 11) is 0. The molecule has 0 aromatic carbocycles. The molecule has 112 valence electrons. The second-order valence-electron chi connectivity index (χ2n) is 6.17. The van der Waals surface area contributed by atoms with Gasteiger partial charge in [0.05, 0.1) is 6.54 Å². The van der Waals surface area contributed by atoms with Gasteiger partial charge in [0.1, 0.15) is 0 Å². The molecule has 0 bridgehead atoms. The zero-order valence-electron chi connectivity index (χ0n) is 12.2. The monoisotopic (exact) mass is 287 g/mol. The highest BCUT2D eigenvalue weighted by Gasteiger charge is 2.32. The van der Waals surface area contributed by atoms with Crippen molar-refractivity contribution in [3.05, 3.63) is 30.2 Å². The Bertz CT molecular complexity index is 575. The van der Waals surface area contributed by atoms with Crippen LogP contribution in [-0.4, -0.2) is 44.5 Å². The van der Waals surface area contributed by atoms with E-state index in [1.54, 1.807) is 0 Å². The van der Waals surface area contributed by atoms with Gasteiger partial charge in [0.15, 0.2) is 5.82 Å². The molecule has 1 saturated heterocycles. The first kappa shape index (κ1) is 13.0. The SMILES string of the molecule is c1cnn(CCN2CCC[C@@H](c3noc(C4CC4)n3)C2)c1. The maximum atomic E-state index is 5.40. The third kappa shape index (κ3) is 3.00. The fraction of sp³-hybridized carbons (Fsp3) is 0.667. The predicted molar refractivity (Wildman–Crippen MR) is 76.9 cm³/mol. The van der Waals surface area contributed by atoms with Crippen molar-refractivity contribution >= 4 is 0 Å². The maximum Gasteiger partial charge on any atom is 0.229 e. The largest absolute Gasteiger partial charge is 0.339 e. The van der Waals surface area contributed by atoms with Crippen LogP contribution in [0.25, 0.3) is 0 Å². The van der Waals surface area contributed by atoms with Crippen LogP contribution < -0.4 is 0 Å². The minimum absolute atomic E-state index is 0.424. The molecule has 0 spiro atoms. The first-order valence-electron chi connectivity index (χ1n) is 7.92. The molecule has 1 aliphatic carbocycles. The quantitative estimate of drug-likeness (QED) is 0.842. The molecule has 0 amide bonds. The summed E-state index contributed by atoms with van der Waals surface area (Å²) in [5.41, 5.74) is 0. The maximum absolute atomic E-state index is 5.40. The van der Waals surface area contributed by atoms with Crippen molar-refractivity contribution < 1.29 is 4.52 Å². The lowest BCUT2D eigenvalue weighted by molar-refractivity contribution is 0.193. The van der Waals surface area contributed by atoms with E-state index in [0.717, 1.165) is 37.9 Å². The Morgan fingerprint density at radius 3 is 2.95 bits per heavy atom. The molecule has 2 fully saturated rings. The molecule has 0 N–H and O–H groups in total. The lowest BCUT2D eigenvalue weighted by atomic mass is 9.97. The zero-order chi connectivity index (χ0) is 14.1. The number of aromatic nitrogens is 4. The first-order chi connectivity index (χ1) is 10.4. The molecular weight excluding hydrogens is 266 g/mol. The summed E-state index contributed by atoms with van der Waals surface area (Å²) < 4.78 is 7.39. The van der Waals surface area contributed by atoms with Crippen LogP contribution in [0.2, 0.25) is 0 Å². The van der Waals surface area contributed by atoms with Gasteiger partial charge in [0.2, 0.25) is 5.89 Å². The van der Waals surface area contributed by atoms with Gasteiger partial charge in [-0.1, -0.05) is 5.16 Å². The van der Waals surface area contributed by atoms with Gasteiger partial charge in [0.25, 0.3) is 0 Å². The van der Waals surface area contributed by atoms with Crippen molar-refractivity contribution in [2.75, 3.05) is 19.6 Å². The van der Waals surface area contributed by atoms with Crippen molar-refractivity contribution in [2.45, 2.75) is 44.1 Å². The molecule has 6 nitrogen and oxygen atoms in total. The van der Waals surface area contributed by atoms with E-state index < -0.39 is 0 Å². The molecule has 1 aliphatic heterocycles. The van der Waals surface area contributed by atoms with Crippen molar-refractivity contribution in [1.82, 2.24) is 24.8 Å². The van der Waals surface area contributed by atoms with E-state index in [0.29, 0.717) is 11.8 Å². The molecular formula is C15H21N5O. The van der Waals surface area contributed by atoms with Crippen LogP contribution in [0, 0.1) is 0 Å². The highest BCUT2D eigenvalue weighted by Crippen LogP contribution is 2.39. The molecule has 2 aromatic rings. The number of hydrogen-bond acceptors (Lipinski definition) is 5. The fourth-order valence-corrected chi connectivity index (χ4v) is 3.06. The van der Waals surface area contributed by atoms with Gasteiger partial charge in [-0.05, 0) is 38.3 Å². The fourth-order valence-electron chi connectivity index (χ4n) is 3.06. The van der Waals surface area contributed by atoms with Crippen LogP contribution >= 0.6 is 0 Å². The molecule has 2 aliphatic rings.